The first-order valence-electron chi connectivity index (χ1n) is 7.27. The number of quaternary nitrogens is 1. The van der Waals surface area contributed by atoms with Crippen molar-refractivity contribution in [2.45, 2.75) is 58.6 Å². The van der Waals surface area contributed by atoms with Crippen LogP contribution in [-0.2, 0) is 0 Å². The Hall–Kier alpha value is -1.02. The van der Waals surface area contributed by atoms with Gasteiger partial charge < -0.3 is 10.1 Å². The van der Waals surface area contributed by atoms with Crippen molar-refractivity contribution in [3.8, 4) is 5.75 Å². The third-order valence-electron chi connectivity index (χ3n) is 3.24. The van der Waals surface area contributed by atoms with Crippen molar-refractivity contribution in [1.29, 1.82) is 0 Å². The zero-order valence-corrected chi connectivity index (χ0v) is 12.1. The van der Waals surface area contributed by atoms with Crippen LogP contribution in [0.15, 0.2) is 30.3 Å². The van der Waals surface area contributed by atoms with Gasteiger partial charge in [0.2, 0.25) is 0 Å². The SMILES string of the molecule is CCCC[NH2+][C@H](C)CC[C@H](C)Oc1ccccc1. The maximum atomic E-state index is 5.88. The van der Waals surface area contributed by atoms with Gasteiger partial charge in [-0.1, -0.05) is 31.5 Å². The zero-order valence-electron chi connectivity index (χ0n) is 12.1. The molecule has 2 atom stereocenters. The van der Waals surface area contributed by atoms with Gasteiger partial charge in [0.25, 0.3) is 0 Å². The van der Waals surface area contributed by atoms with Crippen LogP contribution in [0.2, 0.25) is 0 Å². The molecule has 0 saturated heterocycles. The van der Waals surface area contributed by atoms with Crippen LogP contribution in [0.25, 0.3) is 0 Å². The van der Waals surface area contributed by atoms with Gasteiger partial charge in [0.1, 0.15) is 5.75 Å². The van der Waals surface area contributed by atoms with E-state index in [2.05, 4.69) is 26.1 Å². The van der Waals surface area contributed by atoms with Gasteiger partial charge in [0, 0.05) is 6.42 Å². The van der Waals surface area contributed by atoms with Gasteiger partial charge in [0.05, 0.1) is 18.7 Å². The fraction of sp³-hybridized carbons (Fsp3) is 0.625. The third kappa shape index (κ3) is 6.65. The van der Waals surface area contributed by atoms with Crippen molar-refractivity contribution < 1.29 is 10.1 Å². The van der Waals surface area contributed by atoms with Crippen molar-refractivity contribution in [1.82, 2.24) is 0 Å². The van der Waals surface area contributed by atoms with Crippen LogP contribution in [0.1, 0.15) is 46.5 Å². The summed E-state index contributed by atoms with van der Waals surface area (Å²) in [6.45, 7) is 7.97. The monoisotopic (exact) mass is 250 g/mol. The number of para-hydroxylation sites is 1. The van der Waals surface area contributed by atoms with Crippen LogP contribution in [0.3, 0.4) is 0 Å². The first kappa shape index (κ1) is 15.0. The summed E-state index contributed by atoms with van der Waals surface area (Å²) >= 11 is 0. The van der Waals surface area contributed by atoms with Gasteiger partial charge in [-0.2, -0.15) is 0 Å². The maximum Gasteiger partial charge on any atom is 0.119 e. The molecule has 1 aromatic carbocycles. The third-order valence-corrected chi connectivity index (χ3v) is 3.24. The minimum atomic E-state index is 0.300. The quantitative estimate of drug-likeness (QED) is 0.670. The Labute approximate surface area is 112 Å². The molecule has 1 aromatic rings. The highest BCUT2D eigenvalue weighted by molar-refractivity contribution is 5.21. The molecule has 18 heavy (non-hydrogen) atoms. The van der Waals surface area contributed by atoms with Gasteiger partial charge >= 0.3 is 0 Å². The molecule has 2 N–H and O–H groups in total. The highest BCUT2D eigenvalue weighted by atomic mass is 16.5. The highest BCUT2D eigenvalue weighted by Gasteiger charge is 2.09. The zero-order chi connectivity index (χ0) is 13.2. The first-order valence-corrected chi connectivity index (χ1v) is 7.27. The van der Waals surface area contributed by atoms with Gasteiger partial charge in [-0.05, 0) is 38.8 Å². The van der Waals surface area contributed by atoms with Crippen LogP contribution >= 0.6 is 0 Å². The summed E-state index contributed by atoms with van der Waals surface area (Å²) in [5, 5.41) is 2.46. The van der Waals surface area contributed by atoms with E-state index < -0.39 is 0 Å². The predicted molar refractivity (Wildman–Crippen MR) is 76.9 cm³/mol. The number of benzene rings is 1. The van der Waals surface area contributed by atoms with Crippen molar-refractivity contribution in [3.63, 3.8) is 0 Å². The van der Waals surface area contributed by atoms with Gasteiger partial charge in [-0.15, -0.1) is 0 Å². The summed E-state index contributed by atoms with van der Waals surface area (Å²) in [5.41, 5.74) is 0. The molecule has 0 aliphatic carbocycles. The van der Waals surface area contributed by atoms with Crippen LogP contribution in [0.4, 0.5) is 0 Å². The average molecular weight is 250 g/mol. The number of hydrogen-bond acceptors (Lipinski definition) is 1. The largest absolute Gasteiger partial charge is 0.491 e. The molecule has 0 radical (unpaired) electrons. The van der Waals surface area contributed by atoms with Crippen LogP contribution in [0, 0.1) is 0 Å². The molecule has 2 nitrogen and oxygen atoms in total. The fourth-order valence-electron chi connectivity index (χ4n) is 2.01. The molecule has 102 valence electrons. The average Bonchev–Trinajstić information content (AvgIpc) is 2.38. The Morgan fingerprint density at radius 2 is 1.83 bits per heavy atom. The van der Waals surface area contributed by atoms with E-state index in [1.54, 1.807) is 0 Å². The molecule has 0 bridgehead atoms. The summed E-state index contributed by atoms with van der Waals surface area (Å²) in [4.78, 5) is 0. The molecule has 0 amide bonds. The molecule has 2 heteroatoms. The second-order valence-electron chi connectivity index (χ2n) is 5.17. The van der Waals surface area contributed by atoms with Gasteiger partial charge in [-0.3, -0.25) is 0 Å². The maximum absolute atomic E-state index is 5.88. The molecule has 0 aliphatic rings. The van der Waals surface area contributed by atoms with E-state index in [0.717, 1.165) is 12.2 Å². The highest BCUT2D eigenvalue weighted by Crippen LogP contribution is 2.13. The van der Waals surface area contributed by atoms with Crippen molar-refractivity contribution in [2.75, 3.05) is 6.54 Å². The minimum absolute atomic E-state index is 0.300. The number of rotatable bonds is 9. The number of hydrogen-bond donors (Lipinski definition) is 1. The summed E-state index contributed by atoms with van der Waals surface area (Å²) in [7, 11) is 0. The van der Waals surface area contributed by atoms with E-state index in [9.17, 15) is 0 Å². The lowest BCUT2D eigenvalue weighted by Gasteiger charge is -2.16. The molecule has 0 spiro atoms. The van der Waals surface area contributed by atoms with E-state index in [1.165, 1.54) is 25.8 Å². The summed E-state index contributed by atoms with van der Waals surface area (Å²) in [6.07, 6.45) is 5.25. The molecule has 0 aromatic heterocycles. The second kappa shape index (κ2) is 8.98. The molecule has 1 rings (SSSR count). The molecule has 0 saturated carbocycles. The number of ether oxygens (including phenoxy) is 1. The molecule has 0 fully saturated rings. The minimum Gasteiger partial charge on any atom is -0.491 e. The smallest absolute Gasteiger partial charge is 0.119 e. The second-order valence-corrected chi connectivity index (χ2v) is 5.17. The summed E-state index contributed by atoms with van der Waals surface area (Å²) < 4.78 is 5.88. The van der Waals surface area contributed by atoms with Crippen LogP contribution in [0.5, 0.6) is 5.75 Å². The Morgan fingerprint density at radius 1 is 1.11 bits per heavy atom. The van der Waals surface area contributed by atoms with Crippen LogP contribution < -0.4 is 10.1 Å². The lowest BCUT2D eigenvalue weighted by atomic mass is 10.1. The van der Waals surface area contributed by atoms with Gasteiger partial charge in [0.15, 0.2) is 0 Å². The number of unbranched alkanes of at least 4 members (excludes halogenated alkanes) is 1. The standard InChI is InChI=1S/C16H27NO/c1-4-5-13-17-14(2)11-12-15(3)18-16-9-7-6-8-10-16/h6-10,14-15,17H,4-5,11-13H2,1-3H3/p+1/t14-,15+/m1/s1. The van der Waals surface area contributed by atoms with E-state index >= 15 is 0 Å². The van der Waals surface area contributed by atoms with E-state index in [0.29, 0.717) is 12.1 Å². The van der Waals surface area contributed by atoms with Crippen molar-refractivity contribution in [3.05, 3.63) is 30.3 Å². The Bertz CT molecular complexity index is 299. The lowest BCUT2D eigenvalue weighted by Crippen LogP contribution is -2.89. The van der Waals surface area contributed by atoms with Gasteiger partial charge in [-0.25, -0.2) is 0 Å². The Morgan fingerprint density at radius 3 is 2.50 bits per heavy atom. The van der Waals surface area contributed by atoms with Crippen molar-refractivity contribution >= 4 is 0 Å². The Balaban J connectivity index is 2.14. The van der Waals surface area contributed by atoms with E-state index in [4.69, 9.17) is 4.74 Å². The first-order chi connectivity index (χ1) is 8.72. The predicted octanol–water partition coefficient (Wildman–Crippen LogP) is 2.99. The molecule has 0 unspecified atom stereocenters. The molecular weight excluding hydrogens is 222 g/mol. The lowest BCUT2D eigenvalue weighted by molar-refractivity contribution is -0.687. The normalized spacial score (nSPS) is 14.2. The van der Waals surface area contributed by atoms with Crippen LogP contribution in [-0.4, -0.2) is 18.7 Å². The fourth-order valence-corrected chi connectivity index (χ4v) is 2.01. The summed E-state index contributed by atoms with van der Waals surface area (Å²) in [5.74, 6) is 0.979. The van der Waals surface area contributed by atoms with E-state index in [-0.39, 0.29) is 0 Å². The molecular formula is C16H28NO+. The molecule has 0 aliphatic heterocycles. The Kier molecular flexibility index (Phi) is 7.51. The number of nitrogens with two attached hydrogens (primary N) is 1. The van der Waals surface area contributed by atoms with E-state index in [1.807, 2.05) is 30.3 Å². The summed E-state index contributed by atoms with van der Waals surface area (Å²) in [6, 6.07) is 10.8. The molecule has 0 heterocycles. The van der Waals surface area contributed by atoms with Crippen molar-refractivity contribution in [2.24, 2.45) is 0 Å². The topological polar surface area (TPSA) is 25.8 Å².